The summed E-state index contributed by atoms with van der Waals surface area (Å²) in [7, 11) is 3.30. The van der Waals surface area contributed by atoms with Crippen molar-refractivity contribution in [3.63, 3.8) is 0 Å². The van der Waals surface area contributed by atoms with E-state index in [0.717, 1.165) is 22.0 Å². The van der Waals surface area contributed by atoms with E-state index >= 15 is 0 Å². The van der Waals surface area contributed by atoms with E-state index in [4.69, 9.17) is 15.2 Å². The van der Waals surface area contributed by atoms with Gasteiger partial charge in [-0.15, -0.1) is 11.8 Å². The van der Waals surface area contributed by atoms with Gasteiger partial charge in [0.25, 0.3) is 0 Å². The molecule has 5 heteroatoms. The lowest BCUT2D eigenvalue weighted by atomic mass is 10.1. The molecule has 0 aliphatic carbocycles. The van der Waals surface area contributed by atoms with Gasteiger partial charge in [-0.3, -0.25) is 0 Å². The van der Waals surface area contributed by atoms with Crippen molar-refractivity contribution in [3.05, 3.63) is 17.7 Å². The van der Waals surface area contributed by atoms with Crippen molar-refractivity contribution < 1.29 is 9.47 Å². The predicted molar refractivity (Wildman–Crippen MR) is 72.1 cm³/mol. The second-order valence-corrected chi connectivity index (χ2v) is 4.67. The molecule has 0 radical (unpaired) electrons. The first kappa shape index (κ1) is 13.5. The summed E-state index contributed by atoms with van der Waals surface area (Å²) in [6.07, 6.45) is 2.00. The first-order chi connectivity index (χ1) is 7.67. The van der Waals surface area contributed by atoms with E-state index in [0.29, 0.717) is 6.54 Å². The molecule has 0 heterocycles. The van der Waals surface area contributed by atoms with Gasteiger partial charge in [0.05, 0.1) is 19.1 Å². The molecule has 0 aliphatic rings. The maximum absolute atomic E-state index is 5.61. The molecule has 90 valence electrons. The van der Waals surface area contributed by atoms with Crippen LogP contribution in [0, 0.1) is 0 Å². The number of nitrogens with two attached hydrogens (primary N) is 1. The minimum Gasteiger partial charge on any atom is -0.496 e. The molecule has 3 nitrogen and oxygen atoms in total. The zero-order chi connectivity index (χ0) is 12.1. The Kier molecular flexibility index (Phi) is 5.31. The lowest BCUT2D eigenvalue weighted by Crippen LogP contribution is -2.08. The quantitative estimate of drug-likeness (QED) is 0.629. The highest BCUT2D eigenvalue weighted by Gasteiger charge is 2.15. The Morgan fingerprint density at radius 2 is 1.94 bits per heavy atom. The second kappa shape index (κ2) is 6.27. The minimum absolute atomic E-state index is 0.0419. The number of rotatable bonds is 5. The van der Waals surface area contributed by atoms with Crippen LogP contribution in [-0.2, 0) is 0 Å². The highest BCUT2D eigenvalue weighted by molar-refractivity contribution is 7.98. The molecule has 1 aromatic rings. The summed E-state index contributed by atoms with van der Waals surface area (Å²) in [5.74, 6) is 1.63. The number of methoxy groups -OCH3 is 2. The summed E-state index contributed by atoms with van der Waals surface area (Å²) < 4.78 is 10.7. The summed E-state index contributed by atoms with van der Waals surface area (Å²) in [5.41, 5.74) is 6.57. The van der Waals surface area contributed by atoms with Gasteiger partial charge in [-0.2, -0.15) is 12.6 Å². The number of ether oxygens (including phenoxy) is 2. The zero-order valence-electron chi connectivity index (χ0n) is 9.69. The molecule has 2 N–H and O–H groups in total. The van der Waals surface area contributed by atoms with Gasteiger partial charge in [0.1, 0.15) is 11.5 Å². The van der Waals surface area contributed by atoms with Crippen LogP contribution in [0.15, 0.2) is 17.0 Å². The molecule has 0 fully saturated rings. The third kappa shape index (κ3) is 2.78. The topological polar surface area (TPSA) is 44.5 Å². The summed E-state index contributed by atoms with van der Waals surface area (Å²) in [6, 6.07) is 3.90. The van der Waals surface area contributed by atoms with Gasteiger partial charge < -0.3 is 15.2 Å². The molecular weight excluding hydrogens is 242 g/mol. The monoisotopic (exact) mass is 259 g/mol. The van der Waals surface area contributed by atoms with Crippen LogP contribution in [0.5, 0.6) is 11.5 Å². The van der Waals surface area contributed by atoms with Crippen molar-refractivity contribution in [1.82, 2.24) is 0 Å². The highest BCUT2D eigenvalue weighted by Crippen LogP contribution is 2.38. The Morgan fingerprint density at radius 3 is 2.38 bits per heavy atom. The number of thiol groups is 1. The number of hydrogen-bond acceptors (Lipinski definition) is 5. The summed E-state index contributed by atoms with van der Waals surface area (Å²) in [4.78, 5) is 1.04. The van der Waals surface area contributed by atoms with E-state index < -0.39 is 0 Å². The summed E-state index contributed by atoms with van der Waals surface area (Å²) in [6.45, 7) is 0.460. The van der Waals surface area contributed by atoms with Crippen LogP contribution < -0.4 is 15.2 Å². The van der Waals surface area contributed by atoms with Crippen molar-refractivity contribution in [1.29, 1.82) is 0 Å². The van der Waals surface area contributed by atoms with Crippen LogP contribution in [-0.4, -0.2) is 27.0 Å². The maximum Gasteiger partial charge on any atom is 0.132 e. The van der Waals surface area contributed by atoms with Crippen molar-refractivity contribution in [2.45, 2.75) is 10.1 Å². The SMILES string of the molecule is COc1cc(C(S)CN)c(OC)cc1SC. The molecule has 0 spiro atoms. The standard InChI is InChI=1S/C11H17NO2S2/c1-13-8-5-11(16-3)9(14-2)4-7(8)10(15)6-12/h4-5,10,15H,6,12H2,1-3H3. The molecule has 16 heavy (non-hydrogen) atoms. The Hall–Kier alpha value is -0.520. The molecule has 1 aromatic carbocycles. The van der Waals surface area contributed by atoms with Crippen LogP contribution in [0.1, 0.15) is 10.8 Å². The molecule has 0 saturated heterocycles. The first-order valence-corrected chi connectivity index (χ1v) is 6.60. The minimum atomic E-state index is -0.0419. The van der Waals surface area contributed by atoms with E-state index in [9.17, 15) is 0 Å². The van der Waals surface area contributed by atoms with Gasteiger partial charge in [-0.1, -0.05) is 0 Å². The average Bonchev–Trinajstić information content (AvgIpc) is 2.35. The van der Waals surface area contributed by atoms with Crippen molar-refractivity contribution >= 4 is 24.4 Å². The number of benzene rings is 1. The molecule has 1 unspecified atom stereocenters. The predicted octanol–water partition coefficient (Wildman–Crippen LogP) is 2.36. The van der Waals surface area contributed by atoms with Crippen LogP contribution in [0.4, 0.5) is 0 Å². The third-order valence-electron chi connectivity index (χ3n) is 2.32. The van der Waals surface area contributed by atoms with Crippen LogP contribution >= 0.6 is 24.4 Å². The number of thioether (sulfide) groups is 1. The van der Waals surface area contributed by atoms with E-state index in [2.05, 4.69) is 12.6 Å². The number of hydrogen-bond donors (Lipinski definition) is 2. The van der Waals surface area contributed by atoms with Crippen LogP contribution in [0.3, 0.4) is 0 Å². The van der Waals surface area contributed by atoms with Gasteiger partial charge in [0.15, 0.2) is 0 Å². The Labute approximate surface area is 106 Å². The van der Waals surface area contributed by atoms with E-state index in [-0.39, 0.29) is 5.25 Å². The van der Waals surface area contributed by atoms with Crippen molar-refractivity contribution in [2.24, 2.45) is 5.73 Å². The van der Waals surface area contributed by atoms with Gasteiger partial charge in [-0.25, -0.2) is 0 Å². The van der Waals surface area contributed by atoms with Crippen LogP contribution in [0.2, 0.25) is 0 Å². The smallest absolute Gasteiger partial charge is 0.132 e. The fourth-order valence-corrected chi connectivity index (χ4v) is 2.21. The fraction of sp³-hybridized carbons (Fsp3) is 0.455. The van der Waals surface area contributed by atoms with Crippen LogP contribution in [0.25, 0.3) is 0 Å². The van der Waals surface area contributed by atoms with E-state index in [1.165, 1.54) is 0 Å². The lowest BCUT2D eigenvalue weighted by molar-refractivity contribution is 0.390. The Balaban J connectivity index is 3.25. The zero-order valence-corrected chi connectivity index (χ0v) is 11.4. The first-order valence-electron chi connectivity index (χ1n) is 4.86. The van der Waals surface area contributed by atoms with E-state index in [1.54, 1.807) is 26.0 Å². The van der Waals surface area contributed by atoms with Gasteiger partial charge >= 0.3 is 0 Å². The third-order valence-corrected chi connectivity index (χ3v) is 3.57. The molecular formula is C11H17NO2S2. The normalized spacial score (nSPS) is 12.3. The van der Waals surface area contributed by atoms with E-state index in [1.807, 2.05) is 18.4 Å². The Bertz CT molecular complexity index is 358. The van der Waals surface area contributed by atoms with Crippen molar-refractivity contribution in [3.8, 4) is 11.5 Å². The van der Waals surface area contributed by atoms with Crippen molar-refractivity contribution in [2.75, 3.05) is 27.0 Å². The van der Waals surface area contributed by atoms with Gasteiger partial charge in [0, 0.05) is 17.4 Å². The largest absolute Gasteiger partial charge is 0.496 e. The molecule has 1 atom stereocenters. The molecule has 0 amide bonds. The van der Waals surface area contributed by atoms with Gasteiger partial charge in [-0.05, 0) is 18.4 Å². The lowest BCUT2D eigenvalue weighted by Gasteiger charge is -2.16. The van der Waals surface area contributed by atoms with Gasteiger partial charge in [0.2, 0.25) is 0 Å². The average molecular weight is 259 g/mol. The Morgan fingerprint density at radius 1 is 1.31 bits per heavy atom. The fourth-order valence-electron chi connectivity index (χ4n) is 1.44. The highest BCUT2D eigenvalue weighted by atomic mass is 32.2. The maximum atomic E-state index is 5.61. The molecule has 0 aliphatic heterocycles. The second-order valence-electron chi connectivity index (χ2n) is 3.20. The summed E-state index contributed by atoms with van der Waals surface area (Å²) >= 11 is 6.04. The molecule has 0 aromatic heterocycles. The molecule has 0 saturated carbocycles. The molecule has 0 bridgehead atoms. The summed E-state index contributed by atoms with van der Waals surface area (Å²) in [5, 5.41) is -0.0419. The molecule has 1 rings (SSSR count).